The first-order valence-corrected chi connectivity index (χ1v) is 13.5. The predicted octanol–water partition coefficient (Wildman–Crippen LogP) is 9.42. The van der Waals surface area contributed by atoms with E-state index in [1.165, 1.54) is 14.1 Å². The summed E-state index contributed by atoms with van der Waals surface area (Å²) in [6.45, 7) is 0. The van der Waals surface area contributed by atoms with E-state index < -0.39 is 0 Å². The van der Waals surface area contributed by atoms with Crippen molar-refractivity contribution in [3.8, 4) is 21.8 Å². The third-order valence-corrected chi connectivity index (χ3v) is 8.47. The van der Waals surface area contributed by atoms with Gasteiger partial charge in [0.25, 0.3) is 0 Å². The molecule has 185 valence electrons. The molecule has 8 rings (SSSR count). The fourth-order valence-electron chi connectivity index (χ4n) is 4.43. The maximum atomic E-state index is 6.14. The molecule has 38 heavy (non-hydrogen) atoms. The zero-order chi connectivity index (χ0) is 24.6. The van der Waals surface area contributed by atoms with E-state index in [1.54, 1.807) is 28.9 Å². The van der Waals surface area contributed by atoms with Gasteiger partial charge < -0.3 is 9.40 Å². The molecule has 0 bridgehead atoms. The van der Waals surface area contributed by atoms with Crippen molar-refractivity contribution in [2.45, 2.75) is 0 Å². The summed E-state index contributed by atoms with van der Waals surface area (Å²) in [7, 11) is 0. The quantitative estimate of drug-likeness (QED) is 0.169. The van der Waals surface area contributed by atoms with Crippen molar-refractivity contribution in [2.75, 3.05) is 0 Å². The molecule has 0 spiro atoms. The molecule has 1 radical (unpaired) electrons. The Kier molecular flexibility index (Phi) is 6.88. The molecule has 0 aliphatic carbocycles. The molecular formula is C32H18IrN2OS2-2. The smallest absolute Gasteiger partial charge is 0.120 e. The van der Waals surface area contributed by atoms with Gasteiger partial charge in [0.05, 0.1) is 15.1 Å². The van der Waals surface area contributed by atoms with Crippen LogP contribution in [0.2, 0.25) is 0 Å². The van der Waals surface area contributed by atoms with E-state index >= 15 is 0 Å². The number of thiophene rings is 1. The zero-order valence-corrected chi connectivity index (χ0v) is 23.9. The largest absolute Gasteiger partial charge is 0.501 e. The number of furan rings is 1. The van der Waals surface area contributed by atoms with Crippen LogP contribution in [0.1, 0.15) is 0 Å². The average Bonchev–Trinajstić information content (AvgIpc) is 3.65. The van der Waals surface area contributed by atoms with Crippen LogP contribution in [0.4, 0.5) is 0 Å². The van der Waals surface area contributed by atoms with Crippen LogP contribution in [0.15, 0.2) is 114 Å². The Balaban J connectivity index is 0.000000172. The van der Waals surface area contributed by atoms with Crippen molar-refractivity contribution in [1.29, 1.82) is 0 Å². The molecule has 4 aromatic carbocycles. The Morgan fingerprint density at radius 1 is 0.684 bits per heavy atom. The van der Waals surface area contributed by atoms with Crippen molar-refractivity contribution in [2.24, 2.45) is 0 Å². The van der Waals surface area contributed by atoms with Crippen molar-refractivity contribution < 1.29 is 24.5 Å². The van der Waals surface area contributed by atoms with E-state index in [4.69, 9.17) is 9.40 Å². The molecule has 0 N–H and O–H groups in total. The molecule has 0 atom stereocenters. The van der Waals surface area contributed by atoms with Crippen LogP contribution in [0.25, 0.3) is 63.4 Å². The van der Waals surface area contributed by atoms with Gasteiger partial charge in [-0.3, -0.25) is 4.98 Å². The number of fused-ring (bicyclic) bond motifs is 6. The van der Waals surface area contributed by atoms with Crippen LogP contribution in [0.5, 0.6) is 0 Å². The SMILES string of the molecule is [Ir].[c-]1ccc2c(oc3ccccc32)c1-c1nc2c(s1)sc1ccccc12.[c-]1ccccc1-c1ccccn1. The first kappa shape index (κ1) is 24.7. The Morgan fingerprint density at radius 3 is 2.34 bits per heavy atom. The van der Waals surface area contributed by atoms with Gasteiger partial charge in [0.15, 0.2) is 0 Å². The summed E-state index contributed by atoms with van der Waals surface area (Å²) in [5, 5.41) is 4.45. The maximum absolute atomic E-state index is 6.14. The summed E-state index contributed by atoms with van der Waals surface area (Å²) in [5.41, 5.74) is 5.82. The number of pyridine rings is 1. The first-order valence-electron chi connectivity index (χ1n) is 11.8. The fraction of sp³-hybridized carbons (Fsp3) is 0. The number of hydrogen-bond donors (Lipinski definition) is 0. The van der Waals surface area contributed by atoms with Crippen LogP contribution in [0.3, 0.4) is 0 Å². The second-order valence-electron chi connectivity index (χ2n) is 8.44. The van der Waals surface area contributed by atoms with Gasteiger partial charge in [0.1, 0.15) is 5.58 Å². The summed E-state index contributed by atoms with van der Waals surface area (Å²) >= 11 is 3.52. The molecule has 4 heterocycles. The second kappa shape index (κ2) is 10.6. The molecule has 0 amide bonds. The molecule has 0 saturated heterocycles. The predicted molar refractivity (Wildman–Crippen MR) is 155 cm³/mol. The van der Waals surface area contributed by atoms with Crippen LogP contribution in [-0.2, 0) is 20.1 Å². The Hall–Kier alpha value is -3.67. The summed E-state index contributed by atoms with van der Waals surface area (Å²) in [5.74, 6) is 0. The van der Waals surface area contributed by atoms with E-state index in [1.807, 2.05) is 66.7 Å². The Morgan fingerprint density at radius 2 is 1.50 bits per heavy atom. The molecular weight excluding hydrogens is 685 g/mol. The number of rotatable bonds is 2. The molecule has 0 aliphatic rings. The van der Waals surface area contributed by atoms with Crippen LogP contribution in [0, 0.1) is 12.1 Å². The minimum absolute atomic E-state index is 0. The van der Waals surface area contributed by atoms with Gasteiger partial charge in [0.2, 0.25) is 0 Å². The van der Waals surface area contributed by atoms with Crippen molar-refractivity contribution in [3.63, 3.8) is 0 Å². The topological polar surface area (TPSA) is 38.9 Å². The monoisotopic (exact) mass is 703 g/mol. The number of benzene rings is 4. The molecule has 4 aromatic heterocycles. The standard InChI is InChI=1S/C21H10NOS2.C11H8N.Ir/c1-3-10-16-12(6-1)13-8-5-9-15(19(13)23-16)20-22-18-14-7-2-4-11-17(14)24-21(18)25-20;1-2-6-10(7-3-1)11-8-4-5-9-12-11;/h1-8,10-11H;1-6,8-9H;/q2*-1;. The van der Waals surface area contributed by atoms with E-state index in [-0.39, 0.29) is 20.1 Å². The zero-order valence-electron chi connectivity index (χ0n) is 19.8. The van der Waals surface area contributed by atoms with Gasteiger partial charge in [-0.2, -0.15) is 11.3 Å². The summed E-state index contributed by atoms with van der Waals surface area (Å²) in [4.78, 5) is 9.15. The summed E-state index contributed by atoms with van der Waals surface area (Å²) in [6, 6.07) is 40.8. The molecule has 0 fully saturated rings. The van der Waals surface area contributed by atoms with Crippen molar-refractivity contribution in [1.82, 2.24) is 9.97 Å². The normalized spacial score (nSPS) is 10.9. The number of nitrogens with zero attached hydrogens (tertiary/aromatic N) is 2. The third-order valence-electron chi connectivity index (χ3n) is 6.14. The first-order chi connectivity index (χ1) is 18.3. The van der Waals surface area contributed by atoms with Crippen LogP contribution >= 0.6 is 22.7 Å². The van der Waals surface area contributed by atoms with Gasteiger partial charge in [-0.25, -0.2) is 0 Å². The minimum Gasteiger partial charge on any atom is -0.501 e. The van der Waals surface area contributed by atoms with Crippen molar-refractivity contribution >= 4 is 64.2 Å². The van der Waals surface area contributed by atoms with E-state index in [0.717, 1.165) is 49.3 Å². The number of thiazole rings is 1. The molecule has 3 nitrogen and oxygen atoms in total. The third kappa shape index (κ3) is 4.46. The van der Waals surface area contributed by atoms with Crippen LogP contribution < -0.4 is 0 Å². The number of hydrogen-bond acceptors (Lipinski definition) is 5. The van der Waals surface area contributed by atoms with Crippen molar-refractivity contribution in [3.05, 3.63) is 121 Å². The van der Waals surface area contributed by atoms with Crippen LogP contribution in [-0.4, -0.2) is 9.97 Å². The molecule has 0 unspecified atom stereocenters. The molecule has 8 aromatic rings. The summed E-state index contributed by atoms with van der Waals surface area (Å²) < 4.78 is 8.67. The van der Waals surface area contributed by atoms with Gasteiger partial charge in [0, 0.05) is 46.8 Å². The minimum atomic E-state index is 0. The molecule has 0 aliphatic heterocycles. The number of aromatic nitrogens is 2. The van der Waals surface area contributed by atoms with E-state index in [9.17, 15) is 0 Å². The van der Waals surface area contributed by atoms with Gasteiger partial charge in [-0.1, -0.05) is 59.5 Å². The van der Waals surface area contributed by atoms with Gasteiger partial charge in [-0.15, -0.1) is 65.4 Å². The molecule has 6 heteroatoms. The Labute approximate surface area is 240 Å². The molecule has 0 saturated carbocycles. The number of para-hydroxylation sites is 1. The maximum Gasteiger partial charge on any atom is 0.120 e. The van der Waals surface area contributed by atoms with Gasteiger partial charge in [-0.05, 0) is 23.9 Å². The second-order valence-corrected chi connectivity index (χ2v) is 10.7. The van der Waals surface area contributed by atoms with E-state index in [2.05, 4.69) is 53.5 Å². The Bertz CT molecular complexity index is 1950. The van der Waals surface area contributed by atoms with Gasteiger partial charge >= 0.3 is 0 Å². The van der Waals surface area contributed by atoms with E-state index in [0.29, 0.717) is 0 Å². The fourth-order valence-corrected chi connectivity index (χ4v) is 6.79. The average molecular weight is 703 g/mol. The summed E-state index contributed by atoms with van der Waals surface area (Å²) in [6.07, 6.45) is 1.79.